The van der Waals surface area contributed by atoms with E-state index < -0.39 is 16.6 Å². The molecule has 8 heteroatoms. The topological polar surface area (TPSA) is 62.2 Å². The van der Waals surface area contributed by atoms with E-state index in [0.717, 1.165) is 55.4 Å². The van der Waals surface area contributed by atoms with Crippen LogP contribution in [0.2, 0.25) is 0 Å². The van der Waals surface area contributed by atoms with Crippen molar-refractivity contribution in [2.75, 3.05) is 7.11 Å². The number of rotatable bonds is 6. The number of halogens is 2. The lowest BCUT2D eigenvalue weighted by Crippen LogP contribution is -2.01. The number of ether oxygens (including phenoxy) is 1. The highest BCUT2D eigenvalue weighted by atomic mass is 19.1. The van der Waals surface area contributed by atoms with Gasteiger partial charge in [-0.2, -0.15) is 0 Å². The molecule has 0 saturated carbocycles. The lowest BCUT2D eigenvalue weighted by atomic mass is 9.95. The standard InChI is InChI=1S/C43H27F2N3O3/c1-51-43-21-19-27(47-40-16-8-4-12-30(40)31-13-5-9-17-41(31)47)23-35(43)33-24-32(36(44)25-37(33)45)34-22-26(18-20-42(34)48(49)50)46-38-14-6-2-10-28(38)29-11-3-7-15-39(29)46/h2-25H,1H3. The van der Waals surface area contributed by atoms with Crippen LogP contribution in [0.5, 0.6) is 5.75 Å². The third-order valence-corrected chi connectivity index (χ3v) is 9.67. The Labute approximate surface area is 290 Å². The molecule has 0 radical (unpaired) electrons. The van der Waals surface area contributed by atoms with Gasteiger partial charge in [0.25, 0.3) is 5.69 Å². The van der Waals surface area contributed by atoms with Gasteiger partial charge in [0.15, 0.2) is 0 Å². The predicted octanol–water partition coefficient (Wildman–Crippen LogP) is 11.4. The highest BCUT2D eigenvalue weighted by Crippen LogP contribution is 2.42. The quantitative estimate of drug-likeness (QED) is 0.131. The average Bonchev–Trinajstić information content (AvgIpc) is 3.68. The lowest BCUT2D eigenvalue weighted by Gasteiger charge is -2.16. The van der Waals surface area contributed by atoms with E-state index in [1.54, 1.807) is 24.3 Å². The summed E-state index contributed by atoms with van der Waals surface area (Å²) in [6, 6.07) is 44.1. The van der Waals surface area contributed by atoms with Gasteiger partial charge in [-0.25, -0.2) is 8.78 Å². The summed E-state index contributed by atoms with van der Waals surface area (Å²) in [5, 5.41) is 16.6. The van der Waals surface area contributed by atoms with Gasteiger partial charge in [-0.3, -0.25) is 10.1 Å². The van der Waals surface area contributed by atoms with Crippen LogP contribution in [0.1, 0.15) is 0 Å². The Morgan fingerprint density at radius 3 is 1.37 bits per heavy atom. The molecule has 0 aliphatic rings. The summed E-state index contributed by atoms with van der Waals surface area (Å²) in [7, 11) is 1.49. The van der Waals surface area contributed by atoms with Crippen LogP contribution in [0.15, 0.2) is 146 Å². The maximum atomic E-state index is 16.0. The summed E-state index contributed by atoms with van der Waals surface area (Å²) in [4.78, 5) is 11.9. The summed E-state index contributed by atoms with van der Waals surface area (Å²) in [6.45, 7) is 0. The second-order valence-corrected chi connectivity index (χ2v) is 12.4. The predicted molar refractivity (Wildman–Crippen MR) is 199 cm³/mol. The van der Waals surface area contributed by atoms with Crippen molar-refractivity contribution in [1.29, 1.82) is 0 Å². The van der Waals surface area contributed by atoms with Gasteiger partial charge in [0, 0.05) is 61.7 Å². The van der Waals surface area contributed by atoms with Crippen molar-refractivity contribution in [2.24, 2.45) is 0 Å². The summed E-state index contributed by atoms with van der Waals surface area (Å²) >= 11 is 0. The van der Waals surface area contributed by atoms with Crippen molar-refractivity contribution >= 4 is 49.3 Å². The van der Waals surface area contributed by atoms with Crippen molar-refractivity contribution < 1.29 is 18.4 Å². The highest BCUT2D eigenvalue weighted by molar-refractivity contribution is 6.10. The van der Waals surface area contributed by atoms with E-state index >= 15 is 8.78 Å². The zero-order valence-corrected chi connectivity index (χ0v) is 27.2. The van der Waals surface area contributed by atoms with Gasteiger partial charge in [0.2, 0.25) is 0 Å². The van der Waals surface area contributed by atoms with Crippen molar-refractivity contribution in [2.45, 2.75) is 0 Å². The zero-order valence-electron chi connectivity index (χ0n) is 27.2. The molecule has 0 fully saturated rings. The van der Waals surface area contributed by atoms with E-state index in [-0.39, 0.29) is 22.4 Å². The molecule has 0 unspecified atom stereocenters. The Hall–Kier alpha value is -6.80. The monoisotopic (exact) mass is 671 g/mol. The number of methoxy groups -OCH3 is 1. The van der Waals surface area contributed by atoms with Gasteiger partial charge in [0.1, 0.15) is 17.4 Å². The van der Waals surface area contributed by atoms with Crippen LogP contribution in [0, 0.1) is 21.7 Å². The molecule has 0 amide bonds. The summed E-state index contributed by atoms with van der Waals surface area (Å²) in [6.07, 6.45) is 0. The molecule has 0 saturated heterocycles. The minimum absolute atomic E-state index is 0.0237. The lowest BCUT2D eigenvalue weighted by molar-refractivity contribution is -0.384. The van der Waals surface area contributed by atoms with Gasteiger partial charge in [-0.05, 0) is 60.7 Å². The van der Waals surface area contributed by atoms with Gasteiger partial charge in [-0.1, -0.05) is 72.8 Å². The molecule has 2 aromatic heterocycles. The molecule has 6 nitrogen and oxygen atoms in total. The van der Waals surface area contributed by atoms with Crippen LogP contribution in [-0.2, 0) is 0 Å². The fourth-order valence-corrected chi connectivity index (χ4v) is 7.45. The van der Waals surface area contributed by atoms with Crippen molar-refractivity contribution in [3.05, 3.63) is 167 Å². The van der Waals surface area contributed by atoms with Crippen LogP contribution in [-0.4, -0.2) is 21.2 Å². The zero-order chi connectivity index (χ0) is 34.8. The van der Waals surface area contributed by atoms with Crippen LogP contribution < -0.4 is 4.74 Å². The molecule has 0 atom stereocenters. The van der Waals surface area contributed by atoms with Crippen molar-refractivity contribution in [3.8, 4) is 39.4 Å². The fraction of sp³-hybridized carbons (Fsp3) is 0.0233. The van der Waals surface area contributed by atoms with E-state index in [0.29, 0.717) is 17.0 Å². The number of hydrogen-bond acceptors (Lipinski definition) is 3. The van der Waals surface area contributed by atoms with E-state index in [9.17, 15) is 10.1 Å². The molecule has 0 spiro atoms. The first-order chi connectivity index (χ1) is 24.9. The molecule has 0 aliphatic heterocycles. The van der Waals surface area contributed by atoms with Gasteiger partial charge < -0.3 is 13.9 Å². The Morgan fingerprint density at radius 1 is 0.510 bits per heavy atom. The molecular weight excluding hydrogens is 644 g/mol. The first-order valence-electron chi connectivity index (χ1n) is 16.4. The van der Waals surface area contributed by atoms with Gasteiger partial charge >= 0.3 is 0 Å². The Kier molecular flexibility index (Phi) is 6.93. The third kappa shape index (κ3) is 4.68. The number of aromatic nitrogens is 2. The van der Waals surface area contributed by atoms with Crippen LogP contribution >= 0.6 is 0 Å². The number of para-hydroxylation sites is 4. The van der Waals surface area contributed by atoms with E-state index in [2.05, 4.69) is 16.7 Å². The second-order valence-electron chi connectivity index (χ2n) is 12.4. The highest BCUT2D eigenvalue weighted by Gasteiger charge is 2.24. The molecule has 0 aliphatic carbocycles. The van der Waals surface area contributed by atoms with E-state index in [1.807, 2.05) is 95.6 Å². The molecule has 9 aromatic rings. The molecule has 51 heavy (non-hydrogen) atoms. The maximum Gasteiger partial charge on any atom is 0.277 e. The van der Waals surface area contributed by atoms with Gasteiger partial charge in [-0.15, -0.1) is 0 Å². The molecule has 0 N–H and O–H groups in total. The summed E-state index contributed by atoms with van der Waals surface area (Å²) in [5.41, 5.74) is 5.09. The molecule has 2 heterocycles. The first kappa shape index (κ1) is 30.3. The number of hydrogen-bond donors (Lipinski definition) is 0. The van der Waals surface area contributed by atoms with Crippen molar-refractivity contribution in [1.82, 2.24) is 9.13 Å². The van der Waals surface area contributed by atoms with Crippen molar-refractivity contribution in [3.63, 3.8) is 0 Å². The first-order valence-corrected chi connectivity index (χ1v) is 16.4. The number of nitrogens with zero attached hydrogens (tertiary/aromatic N) is 3. The third-order valence-electron chi connectivity index (χ3n) is 9.67. The molecule has 246 valence electrons. The number of nitro benzene ring substituents is 1. The van der Waals surface area contributed by atoms with E-state index in [1.165, 1.54) is 19.2 Å². The Morgan fingerprint density at radius 2 is 0.922 bits per heavy atom. The van der Waals surface area contributed by atoms with Crippen LogP contribution in [0.4, 0.5) is 14.5 Å². The summed E-state index contributed by atoms with van der Waals surface area (Å²) < 4.78 is 41.8. The SMILES string of the molecule is COc1ccc(-n2c3ccccc3c3ccccc32)cc1-c1cc(-c2cc(-n3c4ccccc4c4ccccc43)ccc2[N+](=O)[O-])c(F)cc1F. The molecule has 0 bridgehead atoms. The minimum Gasteiger partial charge on any atom is -0.496 e. The van der Waals surface area contributed by atoms with Crippen LogP contribution in [0.25, 0.3) is 77.2 Å². The Bertz CT molecular complexity index is 2770. The second kappa shape index (κ2) is 11.7. The number of benzene rings is 7. The molecule has 7 aromatic carbocycles. The largest absolute Gasteiger partial charge is 0.496 e. The molecular formula is C43H27F2N3O3. The number of fused-ring (bicyclic) bond motifs is 6. The Balaban J connectivity index is 1.27. The smallest absolute Gasteiger partial charge is 0.277 e. The van der Waals surface area contributed by atoms with E-state index in [4.69, 9.17) is 4.74 Å². The average molecular weight is 672 g/mol. The fourth-order valence-electron chi connectivity index (χ4n) is 7.45. The summed E-state index contributed by atoms with van der Waals surface area (Å²) in [5.74, 6) is -1.38. The normalized spacial score (nSPS) is 11.6. The van der Waals surface area contributed by atoms with Crippen LogP contribution in [0.3, 0.4) is 0 Å². The maximum absolute atomic E-state index is 16.0. The van der Waals surface area contributed by atoms with Gasteiger partial charge in [0.05, 0.1) is 39.7 Å². The molecule has 9 rings (SSSR count). The minimum atomic E-state index is -0.920. The number of nitro groups is 1.